The summed E-state index contributed by atoms with van der Waals surface area (Å²) in [6.07, 6.45) is 0.299. The number of nitrogens with two attached hydrogens (primary N) is 1. The minimum atomic E-state index is -0.907. The van der Waals surface area contributed by atoms with Gasteiger partial charge in [-0.2, -0.15) is 5.10 Å². The van der Waals surface area contributed by atoms with Crippen LogP contribution < -0.4 is 5.73 Å². The predicted octanol–water partition coefficient (Wildman–Crippen LogP) is 3.39. The molecule has 0 aliphatic heterocycles. The van der Waals surface area contributed by atoms with Gasteiger partial charge in [0.2, 0.25) is 0 Å². The third kappa shape index (κ3) is 2.69. The first-order valence-electron chi connectivity index (χ1n) is 6.37. The van der Waals surface area contributed by atoms with Crippen molar-refractivity contribution in [2.75, 3.05) is 0 Å². The van der Waals surface area contributed by atoms with Crippen molar-refractivity contribution >= 4 is 11.6 Å². The van der Waals surface area contributed by atoms with E-state index in [0.29, 0.717) is 23.7 Å². The molecule has 1 atom stereocenters. The van der Waals surface area contributed by atoms with Crippen LogP contribution in [0.4, 0.5) is 8.78 Å². The Labute approximate surface area is 121 Å². The summed E-state index contributed by atoms with van der Waals surface area (Å²) < 4.78 is 28.7. The Morgan fingerprint density at radius 3 is 2.75 bits per heavy atom. The van der Waals surface area contributed by atoms with E-state index in [1.165, 1.54) is 12.1 Å². The van der Waals surface area contributed by atoms with Crippen LogP contribution in [0.3, 0.4) is 0 Å². The lowest BCUT2D eigenvalue weighted by Crippen LogP contribution is -2.18. The molecule has 1 unspecified atom stereocenters. The second kappa shape index (κ2) is 5.89. The fraction of sp³-hybridized carbons (Fsp3) is 0.357. The van der Waals surface area contributed by atoms with Gasteiger partial charge in [-0.1, -0.05) is 23.7 Å². The first-order valence-corrected chi connectivity index (χ1v) is 6.74. The number of nitrogens with zero attached hydrogens (tertiary/aromatic N) is 2. The standard InChI is InChI=1S/C14H16ClF2N3/c1-3-20-12(13(15)8(2)19-20)7-11(18)9-5-4-6-10(16)14(9)17/h4-6,11H,3,7,18H2,1-2H3. The van der Waals surface area contributed by atoms with Crippen LogP contribution in [0.25, 0.3) is 0 Å². The molecule has 0 saturated heterocycles. The van der Waals surface area contributed by atoms with Gasteiger partial charge in [-0.3, -0.25) is 4.68 Å². The number of aromatic nitrogens is 2. The molecule has 0 fully saturated rings. The summed E-state index contributed by atoms with van der Waals surface area (Å²) in [4.78, 5) is 0. The molecule has 20 heavy (non-hydrogen) atoms. The zero-order valence-electron chi connectivity index (χ0n) is 11.3. The lowest BCUT2D eigenvalue weighted by Gasteiger charge is -2.14. The summed E-state index contributed by atoms with van der Waals surface area (Å²) in [7, 11) is 0. The van der Waals surface area contributed by atoms with Gasteiger partial charge in [0.05, 0.1) is 16.4 Å². The Hall–Kier alpha value is -1.46. The summed E-state index contributed by atoms with van der Waals surface area (Å²) in [6, 6.07) is 3.32. The summed E-state index contributed by atoms with van der Waals surface area (Å²) in [5.41, 5.74) is 7.58. The second-order valence-corrected chi connectivity index (χ2v) is 4.99. The predicted molar refractivity (Wildman–Crippen MR) is 74.6 cm³/mol. The molecule has 0 saturated carbocycles. The topological polar surface area (TPSA) is 43.8 Å². The van der Waals surface area contributed by atoms with E-state index < -0.39 is 17.7 Å². The monoisotopic (exact) mass is 299 g/mol. The first-order chi connectivity index (χ1) is 9.45. The highest BCUT2D eigenvalue weighted by Crippen LogP contribution is 2.26. The summed E-state index contributed by atoms with van der Waals surface area (Å²) in [6.45, 7) is 4.37. The maximum Gasteiger partial charge on any atom is 0.163 e. The minimum Gasteiger partial charge on any atom is -0.324 e. The Balaban J connectivity index is 2.32. The molecule has 2 N–H and O–H groups in total. The Bertz CT molecular complexity index is 625. The van der Waals surface area contributed by atoms with Gasteiger partial charge in [-0.25, -0.2) is 8.78 Å². The van der Waals surface area contributed by atoms with Crippen molar-refractivity contribution in [3.63, 3.8) is 0 Å². The molecule has 0 aliphatic carbocycles. The molecule has 0 aliphatic rings. The molecular formula is C14H16ClF2N3. The van der Waals surface area contributed by atoms with Crippen LogP contribution in [0, 0.1) is 18.6 Å². The Morgan fingerprint density at radius 2 is 2.10 bits per heavy atom. The van der Waals surface area contributed by atoms with Crippen molar-refractivity contribution in [2.24, 2.45) is 5.73 Å². The van der Waals surface area contributed by atoms with E-state index in [0.717, 1.165) is 11.8 Å². The fourth-order valence-electron chi connectivity index (χ4n) is 2.19. The highest BCUT2D eigenvalue weighted by molar-refractivity contribution is 6.31. The molecular weight excluding hydrogens is 284 g/mol. The molecule has 1 aromatic heterocycles. The molecule has 6 heteroatoms. The van der Waals surface area contributed by atoms with Crippen LogP contribution >= 0.6 is 11.6 Å². The third-order valence-electron chi connectivity index (χ3n) is 3.25. The molecule has 0 radical (unpaired) electrons. The molecule has 3 nitrogen and oxygen atoms in total. The van der Waals surface area contributed by atoms with Gasteiger partial charge in [-0.15, -0.1) is 0 Å². The van der Waals surface area contributed by atoms with Gasteiger partial charge in [0.15, 0.2) is 11.6 Å². The van der Waals surface area contributed by atoms with Gasteiger partial charge in [0.25, 0.3) is 0 Å². The van der Waals surface area contributed by atoms with Gasteiger partial charge in [-0.05, 0) is 19.9 Å². The molecule has 0 bridgehead atoms. The molecule has 0 amide bonds. The molecule has 2 rings (SSSR count). The molecule has 1 heterocycles. The maximum absolute atomic E-state index is 13.7. The highest BCUT2D eigenvalue weighted by atomic mass is 35.5. The van der Waals surface area contributed by atoms with E-state index in [1.807, 2.05) is 6.92 Å². The van der Waals surface area contributed by atoms with Crippen LogP contribution in [0.2, 0.25) is 5.02 Å². The quantitative estimate of drug-likeness (QED) is 0.940. The lowest BCUT2D eigenvalue weighted by molar-refractivity contribution is 0.484. The van der Waals surface area contributed by atoms with Gasteiger partial charge < -0.3 is 5.73 Å². The van der Waals surface area contributed by atoms with Crippen LogP contribution in [-0.2, 0) is 13.0 Å². The zero-order chi connectivity index (χ0) is 14.9. The highest BCUT2D eigenvalue weighted by Gasteiger charge is 2.20. The molecule has 2 aromatic rings. The zero-order valence-corrected chi connectivity index (χ0v) is 12.1. The number of benzene rings is 1. The van der Waals surface area contributed by atoms with Crippen LogP contribution in [0.1, 0.15) is 29.9 Å². The van der Waals surface area contributed by atoms with E-state index >= 15 is 0 Å². The average molecular weight is 300 g/mol. The van der Waals surface area contributed by atoms with Crippen molar-refractivity contribution < 1.29 is 8.78 Å². The third-order valence-corrected chi connectivity index (χ3v) is 3.74. The van der Waals surface area contributed by atoms with Crippen LogP contribution in [0.5, 0.6) is 0 Å². The van der Waals surface area contributed by atoms with Crippen molar-refractivity contribution in [1.82, 2.24) is 9.78 Å². The summed E-state index contributed by atoms with van der Waals surface area (Å²) in [5, 5.41) is 4.80. The molecule has 1 aromatic carbocycles. The van der Waals surface area contributed by atoms with E-state index in [4.69, 9.17) is 17.3 Å². The second-order valence-electron chi connectivity index (χ2n) is 4.62. The minimum absolute atomic E-state index is 0.141. The molecule has 108 valence electrons. The fourth-order valence-corrected chi connectivity index (χ4v) is 2.40. The lowest BCUT2D eigenvalue weighted by atomic mass is 10.0. The number of halogens is 3. The van der Waals surface area contributed by atoms with Crippen LogP contribution in [-0.4, -0.2) is 9.78 Å². The van der Waals surface area contributed by atoms with E-state index in [-0.39, 0.29) is 5.56 Å². The van der Waals surface area contributed by atoms with Crippen molar-refractivity contribution in [3.05, 3.63) is 51.8 Å². The number of hydrogen-bond acceptors (Lipinski definition) is 2. The SMILES string of the molecule is CCn1nc(C)c(Cl)c1CC(N)c1cccc(F)c1F. The van der Waals surface area contributed by atoms with Crippen molar-refractivity contribution in [3.8, 4) is 0 Å². The van der Waals surface area contributed by atoms with Crippen LogP contribution in [0.15, 0.2) is 18.2 Å². The van der Waals surface area contributed by atoms with E-state index in [9.17, 15) is 8.78 Å². The van der Waals surface area contributed by atoms with Gasteiger partial charge in [0, 0.05) is 24.6 Å². The smallest absolute Gasteiger partial charge is 0.163 e. The van der Waals surface area contributed by atoms with Gasteiger partial charge in [0.1, 0.15) is 0 Å². The largest absolute Gasteiger partial charge is 0.324 e. The maximum atomic E-state index is 13.7. The number of hydrogen-bond donors (Lipinski definition) is 1. The number of rotatable bonds is 4. The first kappa shape index (κ1) is 14.9. The van der Waals surface area contributed by atoms with Gasteiger partial charge >= 0.3 is 0 Å². The summed E-state index contributed by atoms with van der Waals surface area (Å²) in [5.74, 6) is -1.81. The van der Waals surface area contributed by atoms with E-state index in [2.05, 4.69) is 5.10 Å². The van der Waals surface area contributed by atoms with E-state index in [1.54, 1.807) is 11.6 Å². The number of aryl methyl sites for hydroxylation is 2. The average Bonchev–Trinajstić information content (AvgIpc) is 2.69. The van der Waals surface area contributed by atoms with Crippen molar-refractivity contribution in [1.29, 1.82) is 0 Å². The normalized spacial score (nSPS) is 12.7. The summed E-state index contributed by atoms with van der Waals surface area (Å²) >= 11 is 6.19. The Morgan fingerprint density at radius 1 is 1.40 bits per heavy atom. The molecule has 0 spiro atoms. The Kier molecular flexibility index (Phi) is 4.40. The van der Waals surface area contributed by atoms with Crippen molar-refractivity contribution in [2.45, 2.75) is 32.9 Å².